The van der Waals surface area contributed by atoms with Crippen molar-refractivity contribution >= 4 is 29.6 Å². The molecule has 0 fully saturated rings. The Morgan fingerprint density at radius 1 is 1.27 bits per heavy atom. The summed E-state index contributed by atoms with van der Waals surface area (Å²) in [5.41, 5.74) is 0.346. The standard InChI is InChI=1S/C18H23NO6S/c1-3-25-18(24)15(10-9-12(2)20)26-11-14(17(22)23)19-16(21)13-7-5-4-6-8-13/h4-8,10,12,14,20H,3,9,11H2,1-2H3,(H,19,21)(H,22,23)/b15-10-/t12-,14+/m0/s1. The first-order valence-corrected chi connectivity index (χ1v) is 9.10. The van der Waals surface area contributed by atoms with Crippen LogP contribution in [0.2, 0.25) is 0 Å². The van der Waals surface area contributed by atoms with Gasteiger partial charge in [0.2, 0.25) is 0 Å². The van der Waals surface area contributed by atoms with E-state index in [-0.39, 0.29) is 23.7 Å². The van der Waals surface area contributed by atoms with E-state index in [4.69, 9.17) is 4.74 Å². The van der Waals surface area contributed by atoms with Crippen LogP contribution in [0.1, 0.15) is 30.6 Å². The maximum atomic E-state index is 12.1. The molecule has 1 amide bonds. The Balaban J connectivity index is 2.77. The average molecular weight is 381 g/mol. The van der Waals surface area contributed by atoms with Gasteiger partial charge in [0.25, 0.3) is 5.91 Å². The third-order valence-electron chi connectivity index (χ3n) is 3.17. The lowest BCUT2D eigenvalue weighted by Crippen LogP contribution is -2.42. The number of hydrogen-bond acceptors (Lipinski definition) is 6. The first kappa shape index (κ1) is 21.7. The highest BCUT2D eigenvalue weighted by molar-refractivity contribution is 8.04. The van der Waals surface area contributed by atoms with Gasteiger partial charge in [-0.2, -0.15) is 0 Å². The van der Waals surface area contributed by atoms with Crippen molar-refractivity contribution in [3.05, 3.63) is 46.9 Å². The highest BCUT2D eigenvalue weighted by Crippen LogP contribution is 2.20. The van der Waals surface area contributed by atoms with Gasteiger partial charge >= 0.3 is 11.9 Å². The smallest absolute Gasteiger partial charge is 0.344 e. The van der Waals surface area contributed by atoms with Gasteiger partial charge in [-0.1, -0.05) is 24.3 Å². The third kappa shape index (κ3) is 7.71. The van der Waals surface area contributed by atoms with E-state index >= 15 is 0 Å². The highest BCUT2D eigenvalue weighted by atomic mass is 32.2. The molecule has 7 nitrogen and oxygen atoms in total. The Kier molecular flexibility index (Phi) is 9.46. The summed E-state index contributed by atoms with van der Waals surface area (Å²) in [6.45, 7) is 3.41. The van der Waals surface area contributed by atoms with Crippen molar-refractivity contribution in [3.8, 4) is 0 Å². The zero-order valence-corrected chi connectivity index (χ0v) is 15.5. The van der Waals surface area contributed by atoms with Crippen LogP contribution in [0.3, 0.4) is 0 Å². The topological polar surface area (TPSA) is 113 Å². The molecule has 1 aromatic rings. The van der Waals surface area contributed by atoms with Crippen LogP contribution >= 0.6 is 11.8 Å². The molecule has 142 valence electrons. The second kappa shape index (κ2) is 11.3. The predicted molar refractivity (Wildman–Crippen MR) is 98.8 cm³/mol. The number of aliphatic carboxylic acids is 1. The molecule has 0 unspecified atom stereocenters. The maximum absolute atomic E-state index is 12.1. The fraction of sp³-hybridized carbons (Fsp3) is 0.389. The SMILES string of the molecule is CCOC(=O)/C(=C/C[C@H](C)O)SC[C@@H](NC(=O)c1ccccc1)C(=O)O. The van der Waals surface area contributed by atoms with Crippen molar-refractivity contribution < 1.29 is 29.3 Å². The third-order valence-corrected chi connectivity index (χ3v) is 4.31. The first-order chi connectivity index (χ1) is 12.3. The molecule has 1 rings (SSSR count). The summed E-state index contributed by atoms with van der Waals surface area (Å²) in [5.74, 6) is -2.36. The van der Waals surface area contributed by atoms with E-state index in [0.29, 0.717) is 5.56 Å². The number of hydrogen-bond donors (Lipinski definition) is 3. The van der Waals surface area contributed by atoms with Crippen molar-refractivity contribution in [2.24, 2.45) is 0 Å². The molecule has 0 saturated carbocycles. The van der Waals surface area contributed by atoms with E-state index in [2.05, 4.69) is 5.32 Å². The van der Waals surface area contributed by atoms with Gasteiger partial charge in [-0.25, -0.2) is 9.59 Å². The quantitative estimate of drug-likeness (QED) is 0.418. The first-order valence-electron chi connectivity index (χ1n) is 8.12. The van der Waals surface area contributed by atoms with E-state index in [1.165, 1.54) is 6.08 Å². The molecule has 8 heteroatoms. The lowest BCUT2D eigenvalue weighted by atomic mass is 10.2. The molecule has 3 N–H and O–H groups in total. The molecular formula is C18H23NO6S. The molecular weight excluding hydrogens is 358 g/mol. The fourth-order valence-corrected chi connectivity index (χ4v) is 2.82. The number of amides is 1. The summed E-state index contributed by atoms with van der Waals surface area (Å²) in [6, 6.07) is 7.08. The highest BCUT2D eigenvalue weighted by Gasteiger charge is 2.23. The molecule has 0 heterocycles. The van der Waals surface area contributed by atoms with Crippen molar-refractivity contribution in [1.82, 2.24) is 5.32 Å². The number of carbonyl (C=O) groups excluding carboxylic acids is 2. The van der Waals surface area contributed by atoms with E-state index in [1.807, 2.05) is 0 Å². The average Bonchev–Trinajstić information content (AvgIpc) is 2.60. The summed E-state index contributed by atoms with van der Waals surface area (Å²) in [7, 11) is 0. The molecule has 2 atom stereocenters. The summed E-state index contributed by atoms with van der Waals surface area (Å²) in [6.07, 6.45) is 1.09. The Hall–Kier alpha value is -2.32. The Morgan fingerprint density at radius 3 is 2.46 bits per heavy atom. The molecule has 0 bridgehead atoms. The lowest BCUT2D eigenvalue weighted by molar-refractivity contribution is -0.139. The maximum Gasteiger partial charge on any atom is 0.344 e. The van der Waals surface area contributed by atoms with Crippen LogP contribution < -0.4 is 5.32 Å². The zero-order chi connectivity index (χ0) is 19.5. The number of ether oxygens (including phenoxy) is 1. The van der Waals surface area contributed by atoms with Crippen molar-refractivity contribution in [2.45, 2.75) is 32.4 Å². The van der Waals surface area contributed by atoms with Gasteiger partial charge in [-0.3, -0.25) is 4.79 Å². The van der Waals surface area contributed by atoms with Crippen LogP contribution in [-0.2, 0) is 14.3 Å². The number of benzene rings is 1. The number of esters is 1. The number of rotatable bonds is 10. The summed E-state index contributed by atoms with van der Waals surface area (Å²) in [5, 5.41) is 21.1. The van der Waals surface area contributed by atoms with Gasteiger partial charge in [0.1, 0.15) is 6.04 Å². The fourth-order valence-electron chi connectivity index (χ4n) is 1.86. The number of aliphatic hydroxyl groups excluding tert-OH is 1. The number of aliphatic hydroxyl groups is 1. The molecule has 0 aliphatic rings. The minimum Gasteiger partial charge on any atom is -0.480 e. The predicted octanol–water partition coefficient (Wildman–Crippen LogP) is 1.82. The van der Waals surface area contributed by atoms with Crippen molar-refractivity contribution in [3.63, 3.8) is 0 Å². The minimum absolute atomic E-state index is 0.0572. The van der Waals surface area contributed by atoms with Crippen LogP contribution in [0.4, 0.5) is 0 Å². The Labute approximate surface area is 156 Å². The summed E-state index contributed by atoms with van der Waals surface area (Å²) < 4.78 is 4.94. The second-order valence-electron chi connectivity index (χ2n) is 5.41. The van der Waals surface area contributed by atoms with Gasteiger partial charge in [0, 0.05) is 11.3 Å². The van der Waals surface area contributed by atoms with E-state index in [1.54, 1.807) is 44.2 Å². The van der Waals surface area contributed by atoms with Crippen LogP contribution in [-0.4, -0.2) is 52.6 Å². The van der Waals surface area contributed by atoms with Crippen LogP contribution in [0.5, 0.6) is 0 Å². The molecule has 26 heavy (non-hydrogen) atoms. The van der Waals surface area contributed by atoms with Gasteiger partial charge in [-0.15, -0.1) is 11.8 Å². The summed E-state index contributed by atoms with van der Waals surface area (Å²) >= 11 is 0.965. The molecule has 0 spiro atoms. The van der Waals surface area contributed by atoms with Crippen molar-refractivity contribution in [2.75, 3.05) is 12.4 Å². The number of carboxylic acids is 1. The van der Waals surface area contributed by atoms with E-state index < -0.39 is 30.0 Å². The molecule has 0 radical (unpaired) electrons. The van der Waals surface area contributed by atoms with Crippen LogP contribution in [0, 0.1) is 0 Å². The van der Waals surface area contributed by atoms with Gasteiger partial charge in [0.15, 0.2) is 0 Å². The zero-order valence-electron chi connectivity index (χ0n) is 14.7. The Morgan fingerprint density at radius 2 is 1.92 bits per heavy atom. The van der Waals surface area contributed by atoms with Crippen molar-refractivity contribution in [1.29, 1.82) is 0 Å². The second-order valence-corrected chi connectivity index (χ2v) is 6.48. The molecule has 1 aromatic carbocycles. The number of carboxylic acid groups (broad SMARTS) is 1. The number of carbonyl (C=O) groups is 3. The van der Waals surface area contributed by atoms with Gasteiger partial charge < -0.3 is 20.3 Å². The largest absolute Gasteiger partial charge is 0.480 e. The van der Waals surface area contributed by atoms with Crippen LogP contribution in [0.25, 0.3) is 0 Å². The van der Waals surface area contributed by atoms with Gasteiger partial charge in [0.05, 0.1) is 17.6 Å². The van der Waals surface area contributed by atoms with Crippen LogP contribution in [0.15, 0.2) is 41.3 Å². The molecule has 0 aromatic heterocycles. The minimum atomic E-state index is -1.21. The monoisotopic (exact) mass is 381 g/mol. The molecule has 0 saturated heterocycles. The van der Waals surface area contributed by atoms with E-state index in [9.17, 15) is 24.6 Å². The lowest BCUT2D eigenvalue weighted by Gasteiger charge is -2.15. The normalized spacial score (nSPS) is 13.6. The molecule has 0 aliphatic heterocycles. The van der Waals surface area contributed by atoms with Gasteiger partial charge in [-0.05, 0) is 32.4 Å². The number of nitrogens with one attached hydrogen (secondary N) is 1. The Bertz CT molecular complexity index is 644. The molecule has 0 aliphatic carbocycles. The van der Waals surface area contributed by atoms with E-state index in [0.717, 1.165) is 11.8 Å². The summed E-state index contributed by atoms with van der Waals surface area (Å²) in [4.78, 5) is 35.7. The number of thioether (sulfide) groups is 1.